The van der Waals surface area contributed by atoms with Crippen LogP contribution in [0.5, 0.6) is 5.75 Å². The summed E-state index contributed by atoms with van der Waals surface area (Å²) in [4.78, 5) is 0. The van der Waals surface area contributed by atoms with E-state index < -0.39 is 0 Å². The lowest BCUT2D eigenvalue weighted by molar-refractivity contribution is 0.138. The molecule has 1 aromatic carbocycles. The monoisotopic (exact) mass is 295 g/mol. The van der Waals surface area contributed by atoms with Gasteiger partial charge in [0.15, 0.2) is 0 Å². The van der Waals surface area contributed by atoms with E-state index >= 15 is 0 Å². The fraction of sp³-hybridized carbons (Fsp3) is 0.647. The minimum absolute atomic E-state index is 0.0545. The molecular weight excluding hydrogens is 266 g/mol. The van der Waals surface area contributed by atoms with E-state index in [-0.39, 0.29) is 18.8 Å². The average Bonchev–Trinajstić information content (AvgIpc) is 2.55. The number of rotatable bonds is 11. The molecular formula is C17H29NO3. The molecule has 0 aliphatic heterocycles. The van der Waals surface area contributed by atoms with Gasteiger partial charge in [0, 0.05) is 5.54 Å². The van der Waals surface area contributed by atoms with E-state index in [0.29, 0.717) is 6.61 Å². The molecule has 1 rings (SSSR count). The summed E-state index contributed by atoms with van der Waals surface area (Å²) in [7, 11) is 0. The van der Waals surface area contributed by atoms with Gasteiger partial charge in [-0.25, -0.2) is 0 Å². The molecule has 0 radical (unpaired) electrons. The molecule has 0 spiro atoms. The molecule has 120 valence electrons. The highest BCUT2D eigenvalue weighted by Crippen LogP contribution is 2.18. The second kappa shape index (κ2) is 9.77. The van der Waals surface area contributed by atoms with Crippen LogP contribution in [-0.2, 0) is 6.61 Å². The fourth-order valence-electron chi connectivity index (χ4n) is 2.32. The molecule has 21 heavy (non-hydrogen) atoms. The van der Waals surface area contributed by atoms with Crippen LogP contribution in [0.4, 0.5) is 0 Å². The summed E-state index contributed by atoms with van der Waals surface area (Å²) in [6.45, 7) is 6.01. The van der Waals surface area contributed by atoms with Gasteiger partial charge in [-0.2, -0.15) is 0 Å². The Kier molecular flexibility index (Phi) is 8.35. The van der Waals surface area contributed by atoms with Crippen molar-refractivity contribution in [1.29, 1.82) is 0 Å². The first-order chi connectivity index (χ1) is 10.2. The van der Waals surface area contributed by atoms with E-state index in [1.165, 1.54) is 0 Å². The van der Waals surface area contributed by atoms with Crippen molar-refractivity contribution in [2.75, 3.05) is 19.8 Å². The third kappa shape index (κ3) is 6.04. The van der Waals surface area contributed by atoms with Gasteiger partial charge in [-0.15, -0.1) is 0 Å². The molecule has 0 heterocycles. The molecule has 0 bridgehead atoms. The lowest BCUT2D eigenvalue weighted by Crippen LogP contribution is -2.48. The molecule has 0 saturated heterocycles. The van der Waals surface area contributed by atoms with E-state index in [4.69, 9.17) is 9.84 Å². The van der Waals surface area contributed by atoms with Crippen LogP contribution in [0.3, 0.4) is 0 Å². The quantitative estimate of drug-likeness (QED) is 0.549. The number of hydrogen-bond acceptors (Lipinski definition) is 4. The van der Waals surface area contributed by atoms with Crippen molar-refractivity contribution in [3.8, 4) is 5.75 Å². The number of aliphatic hydroxyl groups excluding tert-OH is 2. The Morgan fingerprint density at radius 2 is 1.86 bits per heavy atom. The van der Waals surface area contributed by atoms with Gasteiger partial charge in [-0.1, -0.05) is 26.0 Å². The van der Waals surface area contributed by atoms with Gasteiger partial charge in [0.25, 0.3) is 0 Å². The van der Waals surface area contributed by atoms with Crippen molar-refractivity contribution in [3.63, 3.8) is 0 Å². The second-order valence-corrected chi connectivity index (χ2v) is 5.47. The van der Waals surface area contributed by atoms with Gasteiger partial charge in [0.2, 0.25) is 0 Å². The first kappa shape index (κ1) is 18.0. The van der Waals surface area contributed by atoms with Crippen LogP contribution < -0.4 is 10.1 Å². The highest BCUT2D eigenvalue weighted by atomic mass is 16.5. The lowest BCUT2D eigenvalue weighted by Gasteiger charge is -2.32. The summed E-state index contributed by atoms with van der Waals surface area (Å²) < 4.78 is 5.70. The fourth-order valence-corrected chi connectivity index (χ4v) is 2.32. The Labute approximate surface area is 128 Å². The van der Waals surface area contributed by atoms with Gasteiger partial charge in [0.05, 0.1) is 19.8 Å². The Hall–Kier alpha value is -1.10. The number of benzene rings is 1. The lowest BCUT2D eigenvalue weighted by atomic mass is 9.91. The van der Waals surface area contributed by atoms with Crippen LogP contribution in [0.2, 0.25) is 0 Å². The standard InChI is InChI=1S/C17H29NO3/c1-3-11-18-17(4-2,14-20)10-5-12-21-16-8-6-15(13-19)7-9-16/h6-9,18-20H,3-5,10-14H2,1-2H3. The summed E-state index contributed by atoms with van der Waals surface area (Å²) in [6.07, 6.45) is 3.77. The molecule has 1 unspecified atom stereocenters. The minimum atomic E-state index is -0.180. The van der Waals surface area contributed by atoms with Gasteiger partial charge >= 0.3 is 0 Å². The molecule has 0 aliphatic carbocycles. The number of hydrogen-bond donors (Lipinski definition) is 3. The first-order valence-corrected chi connectivity index (χ1v) is 7.88. The Morgan fingerprint density at radius 1 is 1.14 bits per heavy atom. The highest BCUT2D eigenvalue weighted by Gasteiger charge is 2.25. The molecule has 3 N–H and O–H groups in total. The minimum Gasteiger partial charge on any atom is -0.494 e. The molecule has 0 aromatic heterocycles. The predicted molar refractivity (Wildman–Crippen MR) is 85.5 cm³/mol. The largest absolute Gasteiger partial charge is 0.494 e. The van der Waals surface area contributed by atoms with Crippen LogP contribution >= 0.6 is 0 Å². The van der Waals surface area contributed by atoms with E-state index in [2.05, 4.69) is 19.2 Å². The molecule has 0 aliphatic rings. The van der Waals surface area contributed by atoms with Crippen LogP contribution in [0.15, 0.2) is 24.3 Å². The highest BCUT2D eigenvalue weighted by molar-refractivity contribution is 5.26. The predicted octanol–water partition coefficient (Wildman–Crippen LogP) is 2.48. The maximum atomic E-state index is 9.65. The molecule has 1 aromatic rings. The number of nitrogens with one attached hydrogen (secondary N) is 1. The summed E-state index contributed by atoms with van der Waals surface area (Å²) in [5.74, 6) is 0.819. The van der Waals surface area contributed by atoms with Crippen molar-refractivity contribution >= 4 is 0 Å². The van der Waals surface area contributed by atoms with Crippen LogP contribution in [0.1, 0.15) is 45.1 Å². The molecule has 0 amide bonds. The average molecular weight is 295 g/mol. The number of ether oxygens (including phenoxy) is 1. The van der Waals surface area contributed by atoms with Crippen LogP contribution in [-0.4, -0.2) is 35.5 Å². The Morgan fingerprint density at radius 3 is 2.38 bits per heavy atom. The van der Waals surface area contributed by atoms with Crippen molar-refractivity contribution < 1.29 is 14.9 Å². The smallest absolute Gasteiger partial charge is 0.119 e. The molecule has 0 saturated carbocycles. The Balaban J connectivity index is 2.36. The van der Waals surface area contributed by atoms with Crippen molar-refractivity contribution in [3.05, 3.63) is 29.8 Å². The third-order valence-corrected chi connectivity index (χ3v) is 3.90. The number of aliphatic hydroxyl groups is 2. The van der Waals surface area contributed by atoms with Crippen LogP contribution in [0.25, 0.3) is 0 Å². The van der Waals surface area contributed by atoms with Gasteiger partial charge in [0.1, 0.15) is 5.75 Å². The van der Waals surface area contributed by atoms with Crippen molar-refractivity contribution in [1.82, 2.24) is 5.32 Å². The third-order valence-electron chi connectivity index (χ3n) is 3.90. The van der Waals surface area contributed by atoms with Gasteiger partial charge < -0.3 is 20.3 Å². The molecule has 0 fully saturated rings. The Bertz CT molecular complexity index is 374. The summed E-state index contributed by atoms with van der Waals surface area (Å²) in [5.41, 5.74) is 0.705. The second-order valence-electron chi connectivity index (χ2n) is 5.47. The maximum absolute atomic E-state index is 9.65. The van der Waals surface area contributed by atoms with E-state index in [0.717, 1.165) is 43.5 Å². The SMILES string of the molecule is CCCNC(CC)(CO)CCCOc1ccc(CO)cc1. The zero-order chi connectivity index (χ0) is 15.6. The topological polar surface area (TPSA) is 61.7 Å². The normalized spacial score (nSPS) is 13.9. The molecule has 4 nitrogen and oxygen atoms in total. The van der Waals surface area contributed by atoms with Gasteiger partial charge in [-0.05, 0) is 49.9 Å². The van der Waals surface area contributed by atoms with E-state index in [1.54, 1.807) is 0 Å². The van der Waals surface area contributed by atoms with Crippen molar-refractivity contribution in [2.24, 2.45) is 0 Å². The maximum Gasteiger partial charge on any atom is 0.119 e. The zero-order valence-corrected chi connectivity index (χ0v) is 13.3. The summed E-state index contributed by atoms with van der Waals surface area (Å²) >= 11 is 0. The van der Waals surface area contributed by atoms with Crippen molar-refractivity contribution in [2.45, 2.75) is 51.7 Å². The zero-order valence-electron chi connectivity index (χ0n) is 13.3. The summed E-state index contributed by atoms with van der Waals surface area (Å²) in [6, 6.07) is 7.48. The van der Waals surface area contributed by atoms with E-state index in [1.807, 2.05) is 24.3 Å². The van der Waals surface area contributed by atoms with E-state index in [9.17, 15) is 5.11 Å². The first-order valence-electron chi connectivity index (χ1n) is 7.88. The summed E-state index contributed by atoms with van der Waals surface area (Å²) in [5, 5.41) is 22.1. The molecule has 1 atom stereocenters. The van der Waals surface area contributed by atoms with Gasteiger partial charge in [-0.3, -0.25) is 0 Å². The van der Waals surface area contributed by atoms with Crippen LogP contribution in [0, 0.1) is 0 Å². The molecule has 4 heteroatoms.